The number of aliphatic hydroxyl groups is 1. The number of hydrogen-bond donors (Lipinski definition) is 1. The van der Waals surface area contributed by atoms with Gasteiger partial charge in [0.15, 0.2) is 0 Å². The Labute approximate surface area is 114 Å². The van der Waals surface area contributed by atoms with Crippen LogP contribution in [0, 0.1) is 6.92 Å². The number of sulfonamides is 1. The summed E-state index contributed by atoms with van der Waals surface area (Å²) in [4.78, 5) is 0.216. The molecule has 0 heterocycles. The normalized spacial score (nSPS) is 12.2. The summed E-state index contributed by atoms with van der Waals surface area (Å²) in [5.41, 5.74) is 0.760. The first-order valence-corrected chi connectivity index (χ1v) is 7.56. The Bertz CT molecular complexity index is 525. The monoisotopic (exact) mass is 287 g/mol. The second kappa shape index (κ2) is 6.36. The number of rotatable bonds is 6. The van der Waals surface area contributed by atoms with Gasteiger partial charge in [0.2, 0.25) is 10.0 Å². The van der Waals surface area contributed by atoms with Gasteiger partial charge in [0.25, 0.3) is 0 Å². The standard InChI is InChI=1S/C13H21NO4S/c1-10(2)14(7-8-15)19(16,17)12-5-6-13(18-4)11(3)9-12/h5-6,9-10,15H,7-8H2,1-4H3. The van der Waals surface area contributed by atoms with Crippen molar-refractivity contribution >= 4 is 10.0 Å². The average molecular weight is 287 g/mol. The van der Waals surface area contributed by atoms with Crippen molar-refractivity contribution in [1.29, 1.82) is 0 Å². The van der Waals surface area contributed by atoms with Gasteiger partial charge < -0.3 is 9.84 Å². The number of aryl methyl sites for hydroxylation is 1. The van der Waals surface area contributed by atoms with Gasteiger partial charge in [-0.2, -0.15) is 4.31 Å². The number of benzene rings is 1. The summed E-state index contributed by atoms with van der Waals surface area (Å²) in [5, 5.41) is 9.01. The zero-order valence-electron chi connectivity index (χ0n) is 11.8. The van der Waals surface area contributed by atoms with Crippen molar-refractivity contribution in [1.82, 2.24) is 4.31 Å². The smallest absolute Gasteiger partial charge is 0.243 e. The Morgan fingerprint density at radius 3 is 2.42 bits per heavy atom. The summed E-state index contributed by atoms with van der Waals surface area (Å²) in [6, 6.07) is 4.54. The van der Waals surface area contributed by atoms with E-state index in [0.29, 0.717) is 5.75 Å². The van der Waals surface area contributed by atoms with Crippen LogP contribution in [0.5, 0.6) is 5.75 Å². The van der Waals surface area contributed by atoms with E-state index in [1.807, 2.05) is 0 Å². The third kappa shape index (κ3) is 3.46. The molecule has 0 atom stereocenters. The van der Waals surface area contributed by atoms with Gasteiger partial charge in [0, 0.05) is 12.6 Å². The highest BCUT2D eigenvalue weighted by atomic mass is 32.2. The van der Waals surface area contributed by atoms with Crippen LogP contribution in [0.2, 0.25) is 0 Å². The highest BCUT2D eigenvalue weighted by Gasteiger charge is 2.26. The Balaban J connectivity index is 3.22. The van der Waals surface area contributed by atoms with Gasteiger partial charge in [0.05, 0.1) is 18.6 Å². The third-order valence-corrected chi connectivity index (χ3v) is 4.94. The van der Waals surface area contributed by atoms with Crippen LogP contribution in [-0.4, -0.2) is 44.1 Å². The summed E-state index contributed by atoms with van der Waals surface area (Å²) in [5.74, 6) is 0.650. The molecule has 0 spiro atoms. The van der Waals surface area contributed by atoms with E-state index in [1.165, 1.54) is 10.4 Å². The van der Waals surface area contributed by atoms with Gasteiger partial charge in [-0.3, -0.25) is 0 Å². The molecule has 0 aromatic heterocycles. The molecule has 0 aliphatic rings. The number of aliphatic hydroxyl groups excluding tert-OH is 1. The van der Waals surface area contributed by atoms with Crippen LogP contribution >= 0.6 is 0 Å². The van der Waals surface area contributed by atoms with Crippen LogP contribution in [0.3, 0.4) is 0 Å². The average Bonchev–Trinajstić information content (AvgIpc) is 2.35. The van der Waals surface area contributed by atoms with Crippen LogP contribution in [0.1, 0.15) is 19.4 Å². The highest BCUT2D eigenvalue weighted by molar-refractivity contribution is 7.89. The van der Waals surface area contributed by atoms with Crippen molar-refractivity contribution in [3.8, 4) is 5.75 Å². The number of methoxy groups -OCH3 is 1. The molecule has 0 saturated carbocycles. The van der Waals surface area contributed by atoms with Gasteiger partial charge in [-0.05, 0) is 44.5 Å². The molecule has 0 radical (unpaired) electrons. The molecule has 6 heteroatoms. The minimum atomic E-state index is -3.59. The Morgan fingerprint density at radius 2 is 2.00 bits per heavy atom. The molecule has 19 heavy (non-hydrogen) atoms. The first kappa shape index (κ1) is 15.9. The summed E-state index contributed by atoms with van der Waals surface area (Å²) in [7, 11) is -2.05. The molecule has 108 valence electrons. The first-order valence-electron chi connectivity index (χ1n) is 6.12. The predicted molar refractivity (Wildman–Crippen MR) is 73.8 cm³/mol. The maximum absolute atomic E-state index is 12.5. The van der Waals surface area contributed by atoms with Gasteiger partial charge >= 0.3 is 0 Å². The summed E-state index contributed by atoms with van der Waals surface area (Å²) >= 11 is 0. The Morgan fingerprint density at radius 1 is 1.37 bits per heavy atom. The maximum Gasteiger partial charge on any atom is 0.243 e. The van der Waals surface area contributed by atoms with E-state index >= 15 is 0 Å². The quantitative estimate of drug-likeness (QED) is 0.858. The topological polar surface area (TPSA) is 66.8 Å². The van der Waals surface area contributed by atoms with E-state index in [2.05, 4.69) is 0 Å². The van der Waals surface area contributed by atoms with Crippen molar-refractivity contribution in [3.05, 3.63) is 23.8 Å². The highest BCUT2D eigenvalue weighted by Crippen LogP contribution is 2.24. The Hall–Kier alpha value is -1.11. The SMILES string of the molecule is COc1ccc(S(=O)(=O)N(CCO)C(C)C)cc1C. The summed E-state index contributed by atoms with van der Waals surface area (Å²) in [6.45, 7) is 5.24. The van der Waals surface area contributed by atoms with E-state index in [0.717, 1.165) is 5.56 Å². The molecule has 1 aromatic carbocycles. The van der Waals surface area contributed by atoms with Crippen molar-refractivity contribution in [3.63, 3.8) is 0 Å². The fourth-order valence-electron chi connectivity index (χ4n) is 1.90. The number of nitrogens with zero attached hydrogens (tertiary/aromatic N) is 1. The number of ether oxygens (including phenoxy) is 1. The van der Waals surface area contributed by atoms with Crippen LogP contribution < -0.4 is 4.74 Å². The molecule has 0 aliphatic heterocycles. The minimum absolute atomic E-state index is 0.0884. The molecule has 1 rings (SSSR count). The van der Waals surface area contributed by atoms with Gasteiger partial charge in [-0.25, -0.2) is 8.42 Å². The lowest BCUT2D eigenvalue weighted by atomic mass is 10.2. The molecule has 5 nitrogen and oxygen atoms in total. The molecule has 0 unspecified atom stereocenters. The molecule has 0 fully saturated rings. The fraction of sp³-hybridized carbons (Fsp3) is 0.538. The van der Waals surface area contributed by atoms with Crippen molar-refractivity contribution in [2.45, 2.75) is 31.7 Å². The lowest BCUT2D eigenvalue weighted by molar-refractivity contribution is 0.236. The van der Waals surface area contributed by atoms with Crippen LogP contribution in [-0.2, 0) is 10.0 Å². The number of hydrogen-bond acceptors (Lipinski definition) is 4. The van der Waals surface area contributed by atoms with Gasteiger partial charge in [-0.1, -0.05) is 0 Å². The summed E-state index contributed by atoms with van der Waals surface area (Å²) < 4.78 is 31.4. The van der Waals surface area contributed by atoms with E-state index in [-0.39, 0.29) is 24.1 Å². The molecule has 0 saturated heterocycles. The fourth-order valence-corrected chi connectivity index (χ4v) is 3.61. The van der Waals surface area contributed by atoms with Crippen molar-refractivity contribution < 1.29 is 18.3 Å². The largest absolute Gasteiger partial charge is 0.496 e. The van der Waals surface area contributed by atoms with Crippen molar-refractivity contribution in [2.75, 3.05) is 20.3 Å². The van der Waals surface area contributed by atoms with Gasteiger partial charge in [0.1, 0.15) is 5.75 Å². The zero-order chi connectivity index (χ0) is 14.6. The van der Waals surface area contributed by atoms with E-state index in [4.69, 9.17) is 9.84 Å². The molecule has 0 aliphatic carbocycles. The second-order valence-corrected chi connectivity index (χ2v) is 6.46. The van der Waals surface area contributed by atoms with Crippen LogP contribution in [0.15, 0.2) is 23.1 Å². The lowest BCUT2D eigenvalue weighted by Gasteiger charge is -2.25. The minimum Gasteiger partial charge on any atom is -0.496 e. The first-order chi connectivity index (χ1) is 8.84. The van der Waals surface area contributed by atoms with E-state index < -0.39 is 10.0 Å². The van der Waals surface area contributed by atoms with Gasteiger partial charge in [-0.15, -0.1) is 0 Å². The third-order valence-electron chi connectivity index (χ3n) is 2.87. The second-order valence-electron chi connectivity index (χ2n) is 4.56. The molecular formula is C13H21NO4S. The van der Waals surface area contributed by atoms with E-state index in [1.54, 1.807) is 40.0 Å². The van der Waals surface area contributed by atoms with Crippen LogP contribution in [0.25, 0.3) is 0 Å². The predicted octanol–water partition coefficient (Wildman–Crippen LogP) is 1.40. The maximum atomic E-state index is 12.5. The zero-order valence-corrected chi connectivity index (χ0v) is 12.6. The molecular weight excluding hydrogens is 266 g/mol. The molecule has 1 N–H and O–H groups in total. The molecule has 1 aromatic rings. The van der Waals surface area contributed by atoms with Crippen molar-refractivity contribution in [2.24, 2.45) is 0 Å². The summed E-state index contributed by atoms with van der Waals surface area (Å²) in [6.07, 6.45) is 0. The molecule has 0 amide bonds. The van der Waals surface area contributed by atoms with E-state index in [9.17, 15) is 8.42 Å². The lowest BCUT2D eigenvalue weighted by Crippen LogP contribution is -2.38. The molecule has 0 bridgehead atoms. The Kier molecular flexibility index (Phi) is 5.34. The van der Waals surface area contributed by atoms with Crippen LogP contribution in [0.4, 0.5) is 0 Å².